The molecule has 0 saturated heterocycles. The van der Waals surface area contributed by atoms with Crippen LogP contribution in [0.1, 0.15) is 26.3 Å². The van der Waals surface area contributed by atoms with Gasteiger partial charge in [-0.05, 0) is 42.0 Å². The van der Waals surface area contributed by atoms with E-state index in [1.807, 2.05) is 0 Å². The van der Waals surface area contributed by atoms with Gasteiger partial charge in [0.2, 0.25) is 0 Å². The average molecular weight is 423 g/mol. The van der Waals surface area contributed by atoms with Crippen molar-refractivity contribution in [2.75, 3.05) is 11.9 Å². The van der Waals surface area contributed by atoms with Gasteiger partial charge < -0.3 is 15.4 Å². The summed E-state index contributed by atoms with van der Waals surface area (Å²) in [5, 5.41) is 5.97. The number of halogens is 1. The van der Waals surface area contributed by atoms with Gasteiger partial charge in [0.25, 0.3) is 11.8 Å². The minimum Gasteiger partial charge on any atom is -0.452 e. The lowest BCUT2D eigenvalue weighted by Crippen LogP contribution is -2.28. The molecule has 0 saturated carbocycles. The molecule has 0 aliphatic carbocycles. The van der Waals surface area contributed by atoms with Crippen molar-refractivity contribution in [1.82, 2.24) is 5.32 Å². The van der Waals surface area contributed by atoms with Crippen molar-refractivity contribution in [3.05, 3.63) is 101 Å². The van der Waals surface area contributed by atoms with E-state index in [0.29, 0.717) is 16.3 Å². The van der Waals surface area contributed by atoms with E-state index in [9.17, 15) is 14.4 Å². The average Bonchev–Trinajstić information content (AvgIpc) is 2.78. The monoisotopic (exact) mass is 422 g/mol. The Hall–Kier alpha value is -3.64. The van der Waals surface area contributed by atoms with Crippen molar-refractivity contribution in [3.63, 3.8) is 0 Å². The van der Waals surface area contributed by atoms with Crippen molar-refractivity contribution in [2.45, 2.75) is 6.54 Å². The van der Waals surface area contributed by atoms with E-state index in [2.05, 4.69) is 10.6 Å². The molecule has 0 aromatic heterocycles. The fourth-order valence-corrected chi connectivity index (χ4v) is 2.74. The van der Waals surface area contributed by atoms with Crippen LogP contribution in [0.4, 0.5) is 5.69 Å². The fourth-order valence-electron chi connectivity index (χ4n) is 2.62. The van der Waals surface area contributed by atoms with E-state index in [1.165, 1.54) is 6.07 Å². The van der Waals surface area contributed by atoms with Gasteiger partial charge in [0.05, 0.1) is 11.3 Å². The summed E-state index contributed by atoms with van der Waals surface area (Å²) in [6, 6.07) is 22.1. The Labute approximate surface area is 178 Å². The smallest absolute Gasteiger partial charge is 0.340 e. The molecule has 0 aliphatic rings. The van der Waals surface area contributed by atoms with Crippen LogP contribution in [0.15, 0.2) is 78.9 Å². The molecule has 152 valence electrons. The summed E-state index contributed by atoms with van der Waals surface area (Å²) >= 11 is 5.83. The number of amides is 2. The summed E-state index contributed by atoms with van der Waals surface area (Å²) in [5.41, 5.74) is 1.79. The van der Waals surface area contributed by atoms with E-state index >= 15 is 0 Å². The number of hydrogen-bond acceptors (Lipinski definition) is 4. The van der Waals surface area contributed by atoms with Crippen molar-refractivity contribution in [1.29, 1.82) is 0 Å². The molecule has 0 spiro atoms. The number of nitrogens with one attached hydrogen (secondary N) is 2. The summed E-state index contributed by atoms with van der Waals surface area (Å²) in [4.78, 5) is 36.8. The summed E-state index contributed by atoms with van der Waals surface area (Å²) in [7, 11) is 0. The lowest BCUT2D eigenvalue weighted by atomic mass is 10.1. The highest BCUT2D eigenvalue weighted by Gasteiger charge is 2.16. The van der Waals surface area contributed by atoms with Crippen molar-refractivity contribution in [3.8, 4) is 0 Å². The van der Waals surface area contributed by atoms with Crippen LogP contribution in [0.2, 0.25) is 5.02 Å². The first kappa shape index (κ1) is 21.1. The minimum atomic E-state index is -0.708. The summed E-state index contributed by atoms with van der Waals surface area (Å²) in [6.07, 6.45) is 0. The number of esters is 1. The van der Waals surface area contributed by atoms with Crippen LogP contribution >= 0.6 is 11.6 Å². The van der Waals surface area contributed by atoms with E-state index in [1.54, 1.807) is 72.8 Å². The van der Waals surface area contributed by atoms with Crippen LogP contribution in [0, 0.1) is 0 Å². The van der Waals surface area contributed by atoms with Crippen LogP contribution < -0.4 is 10.6 Å². The molecule has 0 unspecified atom stereocenters. The number of rotatable bonds is 7. The number of benzene rings is 3. The Bertz CT molecular complexity index is 1040. The van der Waals surface area contributed by atoms with Gasteiger partial charge in [0.15, 0.2) is 6.61 Å². The van der Waals surface area contributed by atoms with Gasteiger partial charge in [-0.3, -0.25) is 9.59 Å². The van der Waals surface area contributed by atoms with Crippen LogP contribution in [0.5, 0.6) is 0 Å². The molecule has 3 aromatic carbocycles. The Kier molecular flexibility index (Phi) is 7.19. The third kappa shape index (κ3) is 5.93. The third-order valence-electron chi connectivity index (χ3n) is 4.17. The lowest BCUT2D eigenvalue weighted by Gasteiger charge is -2.11. The normalized spacial score (nSPS) is 10.2. The van der Waals surface area contributed by atoms with Crippen molar-refractivity contribution < 1.29 is 19.1 Å². The maximum absolute atomic E-state index is 12.4. The first-order chi connectivity index (χ1) is 14.5. The number of para-hydroxylation sites is 1. The molecular weight excluding hydrogens is 404 g/mol. The predicted octanol–water partition coefficient (Wildman–Crippen LogP) is 4.07. The van der Waals surface area contributed by atoms with Gasteiger partial charge in [0.1, 0.15) is 0 Å². The Morgan fingerprint density at radius 2 is 1.50 bits per heavy atom. The van der Waals surface area contributed by atoms with Crippen LogP contribution in [0.25, 0.3) is 0 Å². The highest BCUT2D eigenvalue weighted by Crippen LogP contribution is 2.17. The molecule has 0 bridgehead atoms. The third-order valence-corrected chi connectivity index (χ3v) is 4.42. The predicted molar refractivity (Wildman–Crippen MR) is 114 cm³/mol. The summed E-state index contributed by atoms with van der Waals surface area (Å²) in [6.45, 7) is -0.148. The SMILES string of the molecule is O=C(COC(=O)c1ccccc1NC(=O)c1ccccc1)NCc1ccc(Cl)cc1. The molecule has 2 N–H and O–H groups in total. The van der Waals surface area contributed by atoms with E-state index < -0.39 is 18.5 Å². The molecule has 30 heavy (non-hydrogen) atoms. The Balaban J connectivity index is 1.55. The molecule has 0 aliphatic heterocycles. The molecule has 2 amide bonds. The topological polar surface area (TPSA) is 84.5 Å². The van der Waals surface area contributed by atoms with Gasteiger partial charge in [-0.2, -0.15) is 0 Å². The number of carbonyl (C=O) groups is 3. The molecule has 0 radical (unpaired) electrons. The minimum absolute atomic E-state index is 0.160. The van der Waals surface area contributed by atoms with Gasteiger partial charge in [0, 0.05) is 17.1 Å². The largest absolute Gasteiger partial charge is 0.452 e. The highest BCUT2D eigenvalue weighted by atomic mass is 35.5. The van der Waals surface area contributed by atoms with E-state index in [4.69, 9.17) is 16.3 Å². The van der Waals surface area contributed by atoms with Crippen molar-refractivity contribution in [2.24, 2.45) is 0 Å². The fraction of sp³-hybridized carbons (Fsp3) is 0.0870. The number of carbonyl (C=O) groups excluding carboxylic acids is 3. The number of anilines is 1. The van der Waals surface area contributed by atoms with Gasteiger partial charge in [-0.1, -0.05) is 54.1 Å². The van der Waals surface area contributed by atoms with Crippen LogP contribution in [0.3, 0.4) is 0 Å². The Morgan fingerprint density at radius 3 is 2.23 bits per heavy atom. The molecule has 3 aromatic rings. The quantitative estimate of drug-likeness (QED) is 0.562. The number of ether oxygens (including phenoxy) is 1. The van der Waals surface area contributed by atoms with E-state index in [-0.39, 0.29) is 18.0 Å². The molecule has 7 heteroatoms. The molecular formula is C23H19ClN2O4. The van der Waals surface area contributed by atoms with Crippen LogP contribution in [-0.2, 0) is 16.1 Å². The van der Waals surface area contributed by atoms with Gasteiger partial charge >= 0.3 is 5.97 Å². The highest BCUT2D eigenvalue weighted by molar-refractivity contribution is 6.30. The molecule has 0 atom stereocenters. The summed E-state index contributed by atoms with van der Waals surface area (Å²) in [5.74, 6) is -1.50. The summed E-state index contributed by atoms with van der Waals surface area (Å²) < 4.78 is 5.10. The zero-order valence-electron chi connectivity index (χ0n) is 15.9. The second kappa shape index (κ2) is 10.2. The molecule has 3 rings (SSSR count). The van der Waals surface area contributed by atoms with Gasteiger partial charge in [-0.25, -0.2) is 4.79 Å². The number of hydrogen-bond donors (Lipinski definition) is 2. The molecule has 0 fully saturated rings. The zero-order chi connectivity index (χ0) is 21.3. The first-order valence-corrected chi connectivity index (χ1v) is 9.54. The second-order valence-corrected chi connectivity index (χ2v) is 6.78. The first-order valence-electron chi connectivity index (χ1n) is 9.16. The lowest BCUT2D eigenvalue weighted by molar-refractivity contribution is -0.124. The second-order valence-electron chi connectivity index (χ2n) is 6.35. The maximum Gasteiger partial charge on any atom is 0.340 e. The molecule has 6 nitrogen and oxygen atoms in total. The van der Waals surface area contributed by atoms with Crippen LogP contribution in [-0.4, -0.2) is 24.4 Å². The van der Waals surface area contributed by atoms with E-state index in [0.717, 1.165) is 5.56 Å². The Morgan fingerprint density at radius 1 is 0.833 bits per heavy atom. The standard InChI is InChI=1S/C23H19ClN2O4/c24-18-12-10-16(11-13-18)14-25-21(27)15-30-23(29)19-8-4-5-9-20(19)26-22(28)17-6-2-1-3-7-17/h1-13H,14-15H2,(H,25,27)(H,26,28). The maximum atomic E-state index is 12.4. The van der Waals surface area contributed by atoms with Crippen molar-refractivity contribution >= 4 is 35.1 Å². The van der Waals surface area contributed by atoms with Gasteiger partial charge in [-0.15, -0.1) is 0 Å². The molecule has 0 heterocycles. The zero-order valence-corrected chi connectivity index (χ0v) is 16.7.